The van der Waals surface area contributed by atoms with Crippen molar-refractivity contribution < 1.29 is 9.66 Å². The first-order chi connectivity index (χ1) is 9.08. The minimum atomic E-state index is -0.568. The molecule has 0 saturated heterocycles. The molecule has 6 nitrogen and oxygen atoms in total. The predicted octanol–water partition coefficient (Wildman–Crippen LogP) is 3.29. The van der Waals surface area contributed by atoms with Crippen LogP contribution in [0.25, 0.3) is 0 Å². The number of aromatic nitrogens is 2. The van der Waals surface area contributed by atoms with Gasteiger partial charge >= 0.3 is 5.82 Å². The lowest BCUT2D eigenvalue weighted by Crippen LogP contribution is -2.06. The molecule has 0 amide bonds. The van der Waals surface area contributed by atoms with Crippen molar-refractivity contribution in [3.63, 3.8) is 0 Å². The topological polar surface area (TPSA) is 78.2 Å². The summed E-state index contributed by atoms with van der Waals surface area (Å²) in [5.74, 6) is -0.173. The molecule has 0 aromatic carbocycles. The first kappa shape index (κ1) is 13.4. The summed E-state index contributed by atoms with van der Waals surface area (Å²) in [5, 5.41) is 10.9. The molecule has 0 spiro atoms. The van der Waals surface area contributed by atoms with Crippen LogP contribution in [-0.2, 0) is 0 Å². The zero-order chi connectivity index (χ0) is 13.8. The van der Waals surface area contributed by atoms with Gasteiger partial charge in [-0.3, -0.25) is 4.98 Å². The number of pyridine rings is 2. The Kier molecular flexibility index (Phi) is 4.06. The molecule has 0 fully saturated rings. The normalized spacial score (nSPS) is 11.9. The third-order valence-corrected chi connectivity index (χ3v) is 2.89. The molecule has 0 saturated carbocycles. The highest BCUT2D eigenvalue weighted by Crippen LogP contribution is 2.31. The number of ether oxygens (including phenoxy) is 1. The maximum Gasteiger partial charge on any atom is 0.406 e. The van der Waals surface area contributed by atoms with Gasteiger partial charge in [-0.2, -0.15) is 0 Å². The van der Waals surface area contributed by atoms with E-state index in [1.807, 2.05) is 0 Å². The maximum absolute atomic E-state index is 10.9. The number of hydrogen-bond acceptors (Lipinski definition) is 5. The van der Waals surface area contributed by atoms with Gasteiger partial charge in [0.05, 0.1) is 4.47 Å². The lowest BCUT2D eigenvalue weighted by molar-refractivity contribution is -0.390. The molecule has 0 unspecified atom stereocenters. The number of hydrogen-bond donors (Lipinski definition) is 0. The molecule has 2 heterocycles. The molecule has 0 N–H and O–H groups in total. The fraction of sp³-hybridized carbons (Fsp3) is 0.167. The standard InChI is InChI=1S/C12H10BrN3O3/c1-8(9-2-4-14-5-3-9)19-11-6-10(13)7-15-12(11)16(17)18/h2-8H,1H3/t8-/m1/s1. The monoisotopic (exact) mass is 323 g/mol. The molecule has 1 atom stereocenters. The van der Waals surface area contributed by atoms with Crippen molar-refractivity contribution in [3.05, 3.63) is 56.9 Å². The zero-order valence-electron chi connectivity index (χ0n) is 9.99. The van der Waals surface area contributed by atoms with Gasteiger partial charge in [-0.05, 0) is 50.5 Å². The Hall–Kier alpha value is -2.02. The van der Waals surface area contributed by atoms with E-state index < -0.39 is 4.92 Å². The van der Waals surface area contributed by atoms with Crippen LogP contribution >= 0.6 is 15.9 Å². The Balaban J connectivity index is 2.28. The van der Waals surface area contributed by atoms with Gasteiger partial charge in [-0.15, -0.1) is 0 Å². The van der Waals surface area contributed by atoms with E-state index in [-0.39, 0.29) is 17.7 Å². The van der Waals surface area contributed by atoms with Crippen molar-refractivity contribution in [2.45, 2.75) is 13.0 Å². The third-order valence-electron chi connectivity index (χ3n) is 2.45. The summed E-state index contributed by atoms with van der Waals surface area (Å²) in [6.45, 7) is 1.81. The highest BCUT2D eigenvalue weighted by atomic mass is 79.9. The summed E-state index contributed by atoms with van der Waals surface area (Å²) in [4.78, 5) is 18.0. The average Bonchev–Trinajstić information content (AvgIpc) is 2.39. The second-order valence-corrected chi connectivity index (χ2v) is 4.69. The molecule has 7 heteroatoms. The molecular weight excluding hydrogens is 314 g/mol. The van der Waals surface area contributed by atoms with Gasteiger partial charge in [0.1, 0.15) is 6.10 Å². The van der Waals surface area contributed by atoms with Gasteiger partial charge in [0.25, 0.3) is 0 Å². The van der Waals surface area contributed by atoms with Crippen LogP contribution in [0.15, 0.2) is 41.3 Å². The molecule has 2 aromatic rings. The van der Waals surface area contributed by atoms with Crippen LogP contribution in [0.5, 0.6) is 5.75 Å². The highest BCUT2D eigenvalue weighted by molar-refractivity contribution is 9.10. The SMILES string of the molecule is C[C@@H](Oc1cc(Br)cnc1[N+](=O)[O-])c1ccncc1. The second-order valence-electron chi connectivity index (χ2n) is 3.77. The molecule has 0 aliphatic rings. The molecule has 98 valence electrons. The Morgan fingerprint density at radius 1 is 1.42 bits per heavy atom. The Morgan fingerprint density at radius 3 is 2.74 bits per heavy atom. The lowest BCUT2D eigenvalue weighted by atomic mass is 10.2. The molecule has 0 aliphatic carbocycles. The van der Waals surface area contributed by atoms with Crippen LogP contribution in [0.3, 0.4) is 0 Å². The fourth-order valence-electron chi connectivity index (χ4n) is 1.53. The van der Waals surface area contributed by atoms with E-state index in [1.54, 1.807) is 31.5 Å². The van der Waals surface area contributed by atoms with E-state index in [0.717, 1.165) is 5.56 Å². The molecule has 19 heavy (non-hydrogen) atoms. The van der Waals surface area contributed by atoms with E-state index in [1.165, 1.54) is 12.3 Å². The van der Waals surface area contributed by atoms with Crippen LogP contribution in [0.4, 0.5) is 5.82 Å². The summed E-state index contributed by atoms with van der Waals surface area (Å²) in [6, 6.07) is 5.12. The van der Waals surface area contributed by atoms with E-state index in [9.17, 15) is 10.1 Å². The predicted molar refractivity (Wildman–Crippen MR) is 71.9 cm³/mol. The van der Waals surface area contributed by atoms with Crippen molar-refractivity contribution >= 4 is 21.7 Å². The van der Waals surface area contributed by atoms with Gasteiger partial charge in [0, 0.05) is 18.5 Å². The van der Waals surface area contributed by atoms with Crippen LogP contribution < -0.4 is 4.74 Å². The Labute approximate surface area is 117 Å². The third kappa shape index (κ3) is 3.25. The minimum Gasteiger partial charge on any atom is -0.478 e. The molecule has 0 bridgehead atoms. The number of halogens is 1. The molecule has 2 rings (SSSR count). The first-order valence-electron chi connectivity index (χ1n) is 5.44. The van der Waals surface area contributed by atoms with Gasteiger partial charge in [0.2, 0.25) is 5.75 Å². The Morgan fingerprint density at radius 2 is 2.11 bits per heavy atom. The van der Waals surface area contributed by atoms with Crippen molar-refractivity contribution in [2.24, 2.45) is 0 Å². The molecular formula is C12H10BrN3O3. The van der Waals surface area contributed by atoms with E-state index in [2.05, 4.69) is 25.9 Å². The summed E-state index contributed by atoms with van der Waals surface area (Å²) in [5.41, 5.74) is 0.879. The van der Waals surface area contributed by atoms with Crippen LogP contribution in [0.2, 0.25) is 0 Å². The Bertz CT molecular complexity index is 592. The average molecular weight is 324 g/mol. The maximum atomic E-state index is 10.9. The van der Waals surface area contributed by atoms with Crippen LogP contribution in [0, 0.1) is 10.1 Å². The number of nitrogens with zero attached hydrogens (tertiary/aromatic N) is 3. The van der Waals surface area contributed by atoms with Gasteiger partial charge in [-0.25, -0.2) is 0 Å². The van der Waals surface area contributed by atoms with E-state index in [4.69, 9.17) is 4.74 Å². The largest absolute Gasteiger partial charge is 0.478 e. The second kappa shape index (κ2) is 5.75. The smallest absolute Gasteiger partial charge is 0.406 e. The summed E-state index contributed by atoms with van der Waals surface area (Å²) in [6.07, 6.45) is 4.31. The van der Waals surface area contributed by atoms with Crippen molar-refractivity contribution in [2.75, 3.05) is 0 Å². The quantitative estimate of drug-likeness (QED) is 0.637. The summed E-state index contributed by atoms with van der Waals surface area (Å²) >= 11 is 3.22. The van der Waals surface area contributed by atoms with Gasteiger partial charge in [0.15, 0.2) is 6.20 Å². The molecule has 0 aliphatic heterocycles. The number of rotatable bonds is 4. The minimum absolute atomic E-state index is 0.128. The number of nitro groups is 1. The first-order valence-corrected chi connectivity index (χ1v) is 6.23. The van der Waals surface area contributed by atoms with Crippen molar-refractivity contribution in [1.29, 1.82) is 0 Å². The van der Waals surface area contributed by atoms with E-state index >= 15 is 0 Å². The van der Waals surface area contributed by atoms with Crippen molar-refractivity contribution in [1.82, 2.24) is 9.97 Å². The summed E-state index contributed by atoms with van der Waals surface area (Å²) < 4.78 is 6.23. The highest BCUT2D eigenvalue weighted by Gasteiger charge is 2.20. The van der Waals surface area contributed by atoms with Crippen molar-refractivity contribution in [3.8, 4) is 5.75 Å². The lowest BCUT2D eigenvalue weighted by Gasteiger charge is -2.14. The van der Waals surface area contributed by atoms with E-state index in [0.29, 0.717) is 4.47 Å². The summed E-state index contributed by atoms with van der Waals surface area (Å²) in [7, 11) is 0. The molecule has 0 radical (unpaired) electrons. The van der Waals surface area contributed by atoms with Gasteiger partial charge in [-0.1, -0.05) is 0 Å². The molecule has 2 aromatic heterocycles. The van der Waals surface area contributed by atoms with Crippen LogP contribution in [-0.4, -0.2) is 14.9 Å². The zero-order valence-corrected chi connectivity index (χ0v) is 11.6. The van der Waals surface area contributed by atoms with Crippen LogP contribution in [0.1, 0.15) is 18.6 Å². The fourth-order valence-corrected chi connectivity index (χ4v) is 1.84. The van der Waals surface area contributed by atoms with Gasteiger partial charge < -0.3 is 14.9 Å².